The molecule has 5 heteroatoms. The highest BCUT2D eigenvalue weighted by molar-refractivity contribution is 5.71. The Labute approximate surface area is 111 Å². The molecule has 0 N–H and O–H groups in total. The number of methoxy groups -OCH3 is 1. The normalized spacial score (nSPS) is 23.3. The van der Waals surface area contributed by atoms with Crippen LogP contribution in [-0.4, -0.2) is 43.9 Å². The van der Waals surface area contributed by atoms with Crippen LogP contribution in [0.3, 0.4) is 0 Å². The van der Waals surface area contributed by atoms with Crippen molar-refractivity contribution in [3.05, 3.63) is 35.6 Å². The zero-order chi connectivity index (χ0) is 13.8. The van der Waals surface area contributed by atoms with E-state index in [0.29, 0.717) is 13.1 Å². The number of benzene rings is 1. The molecule has 0 radical (unpaired) electrons. The third-order valence-corrected chi connectivity index (χ3v) is 3.47. The lowest BCUT2D eigenvalue weighted by molar-refractivity contribution is -0.141. The van der Waals surface area contributed by atoms with E-state index < -0.39 is 0 Å². The highest BCUT2D eigenvalue weighted by Gasteiger charge is 2.34. The van der Waals surface area contributed by atoms with Gasteiger partial charge >= 0.3 is 5.97 Å². The number of carbonyl (C=O) groups excluding carboxylic acids is 2. The van der Waals surface area contributed by atoms with Crippen molar-refractivity contribution >= 4 is 12.3 Å². The van der Waals surface area contributed by atoms with Gasteiger partial charge in [0.05, 0.1) is 13.7 Å². The fourth-order valence-corrected chi connectivity index (χ4v) is 2.52. The summed E-state index contributed by atoms with van der Waals surface area (Å²) in [6, 6.07) is 6.27. The Hall–Kier alpha value is -1.75. The lowest BCUT2D eigenvalue weighted by Crippen LogP contribution is -2.28. The van der Waals surface area contributed by atoms with Gasteiger partial charge in [-0.2, -0.15) is 0 Å². The molecule has 19 heavy (non-hydrogen) atoms. The molecule has 1 saturated heterocycles. The highest BCUT2D eigenvalue weighted by atomic mass is 19.1. The van der Waals surface area contributed by atoms with Gasteiger partial charge < -0.3 is 9.53 Å². The van der Waals surface area contributed by atoms with Gasteiger partial charge in [-0.3, -0.25) is 9.69 Å². The van der Waals surface area contributed by atoms with Gasteiger partial charge in [0.1, 0.15) is 12.1 Å². The minimum absolute atomic E-state index is 0.0714. The molecule has 1 heterocycles. The predicted molar refractivity (Wildman–Crippen MR) is 67.2 cm³/mol. The van der Waals surface area contributed by atoms with Crippen molar-refractivity contribution in [2.75, 3.05) is 26.7 Å². The maximum atomic E-state index is 13.2. The molecule has 0 amide bonds. The molecule has 0 spiro atoms. The Morgan fingerprint density at radius 3 is 2.95 bits per heavy atom. The summed E-state index contributed by atoms with van der Waals surface area (Å²) in [4.78, 5) is 24.2. The number of halogens is 1. The molecule has 0 unspecified atom stereocenters. The van der Waals surface area contributed by atoms with Gasteiger partial charge in [-0.25, -0.2) is 4.39 Å². The number of aldehydes is 1. The number of rotatable bonds is 4. The summed E-state index contributed by atoms with van der Waals surface area (Å²) in [5.74, 6) is -0.928. The Bertz CT molecular complexity index is 478. The molecule has 0 saturated carbocycles. The smallest absolute Gasteiger partial charge is 0.319 e. The SMILES string of the molecule is COC(=O)CN1C[C@H](c2cccc(F)c2)[C@@H](C=O)C1. The number of hydrogen-bond donors (Lipinski definition) is 0. The Balaban J connectivity index is 2.12. The minimum Gasteiger partial charge on any atom is -0.468 e. The molecular formula is C14H16FNO3. The Morgan fingerprint density at radius 1 is 1.53 bits per heavy atom. The summed E-state index contributed by atoms with van der Waals surface area (Å²) in [6.07, 6.45) is 0.882. The van der Waals surface area contributed by atoms with E-state index in [1.54, 1.807) is 6.07 Å². The van der Waals surface area contributed by atoms with Gasteiger partial charge in [0, 0.05) is 24.9 Å². The average Bonchev–Trinajstić information content (AvgIpc) is 2.81. The Morgan fingerprint density at radius 2 is 2.32 bits per heavy atom. The molecule has 1 aliphatic rings. The van der Waals surface area contributed by atoms with Crippen LogP contribution in [0.5, 0.6) is 0 Å². The molecule has 4 nitrogen and oxygen atoms in total. The van der Waals surface area contributed by atoms with Crippen LogP contribution in [0.2, 0.25) is 0 Å². The number of hydrogen-bond acceptors (Lipinski definition) is 4. The van der Waals surface area contributed by atoms with Gasteiger partial charge in [0.25, 0.3) is 0 Å². The summed E-state index contributed by atoms with van der Waals surface area (Å²) in [5.41, 5.74) is 0.796. The average molecular weight is 265 g/mol. The Kier molecular flexibility index (Phi) is 4.27. The molecule has 1 aliphatic heterocycles. The van der Waals surface area contributed by atoms with E-state index >= 15 is 0 Å². The molecule has 1 fully saturated rings. The number of likely N-dealkylation sites (tertiary alicyclic amines) is 1. The second-order valence-corrected chi connectivity index (χ2v) is 4.73. The fourth-order valence-electron chi connectivity index (χ4n) is 2.52. The number of esters is 1. The molecule has 102 valence electrons. The van der Waals surface area contributed by atoms with E-state index in [1.165, 1.54) is 19.2 Å². The molecule has 0 aromatic heterocycles. The van der Waals surface area contributed by atoms with Crippen molar-refractivity contribution in [1.29, 1.82) is 0 Å². The molecule has 1 aromatic rings. The van der Waals surface area contributed by atoms with Crippen molar-refractivity contribution in [3.63, 3.8) is 0 Å². The van der Waals surface area contributed by atoms with E-state index in [-0.39, 0.29) is 30.2 Å². The van der Waals surface area contributed by atoms with E-state index in [0.717, 1.165) is 11.8 Å². The van der Waals surface area contributed by atoms with E-state index in [4.69, 9.17) is 0 Å². The maximum absolute atomic E-state index is 13.2. The number of nitrogens with zero attached hydrogens (tertiary/aromatic N) is 1. The first-order chi connectivity index (χ1) is 9.13. The van der Waals surface area contributed by atoms with Crippen LogP contribution in [0.1, 0.15) is 11.5 Å². The monoisotopic (exact) mass is 265 g/mol. The maximum Gasteiger partial charge on any atom is 0.319 e. The summed E-state index contributed by atoms with van der Waals surface area (Å²) in [7, 11) is 1.33. The third-order valence-electron chi connectivity index (χ3n) is 3.47. The second-order valence-electron chi connectivity index (χ2n) is 4.73. The summed E-state index contributed by atoms with van der Waals surface area (Å²) >= 11 is 0. The standard InChI is InChI=1S/C14H16FNO3/c1-19-14(18)8-16-6-11(9-17)13(7-16)10-3-2-4-12(15)5-10/h2-5,9,11,13H,6-8H2,1H3/t11-,13-/m1/s1. The van der Waals surface area contributed by atoms with Gasteiger partial charge in [0.15, 0.2) is 0 Å². The van der Waals surface area contributed by atoms with Gasteiger partial charge in [0.2, 0.25) is 0 Å². The lowest BCUT2D eigenvalue weighted by Gasteiger charge is -2.14. The summed E-state index contributed by atoms with van der Waals surface area (Å²) in [5, 5.41) is 0. The molecule has 0 aliphatic carbocycles. The van der Waals surface area contributed by atoms with Crippen LogP contribution in [-0.2, 0) is 14.3 Å². The van der Waals surface area contributed by atoms with Crippen molar-refractivity contribution in [1.82, 2.24) is 4.90 Å². The highest BCUT2D eigenvalue weighted by Crippen LogP contribution is 2.31. The second kappa shape index (κ2) is 5.93. The zero-order valence-electron chi connectivity index (χ0n) is 10.7. The largest absolute Gasteiger partial charge is 0.468 e. The number of carbonyl (C=O) groups is 2. The third kappa shape index (κ3) is 3.17. The van der Waals surface area contributed by atoms with E-state index in [2.05, 4.69) is 4.74 Å². The zero-order valence-corrected chi connectivity index (χ0v) is 10.7. The first kappa shape index (κ1) is 13.7. The van der Waals surface area contributed by atoms with Crippen molar-refractivity contribution in [2.45, 2.75) is 5.92 Å². The summed E-state index contributed by atoms with van der Waals surface area (Å²) < 4.78 is 17.8. The first-order valence-electron chi connectivity index (χ1n) is 6.14. The van der Waals surface area contributed by atoms with Crippen LogP contribution >= 0.6 is 0 Å². The van der Waals surface area contributed by atoms with Crippen LogP contribution in [0, 0.1) is 11.7 Å². The van der Waals surface area contributed by atoms with Crippen LogP contribution in [0.4, 0.5) is 4.39 Å². The van der Waals surface area contributed by atoms with E-state index in [1.807, 2.05) is 11.0 Å². The lowest BCUT2D eigenvalue weighted by atomic mass is 9.90. The predicted octanol–water partition coefficient (Wildman–Crippen LogP) is 1.21. The molecule has 2 atom stereocenters. The molecular weight excluding hydrogens is 249 g/mol. The van der Waals surface area contributed by atoms with Crippen molar-refractivity contribution in [3.8, 4) is 0 Å². The molecule has 2 rings (SSSR count). The molecule has 0 bridgehead atoms. The van der Waals surface area contributed by atoms with Crippen LogP contribution in [0.25, 0.3) is 0 Å². The first-order valence-corrected chi connectivity index (χ1v) is 6.14. The molecule has 1 aromatic carbocycles. The van der Waals surface area contributed by atoms with E-state index in [9.17, 15) is 14.0 Å². The van der Waals surface area contributed by atoms with Gasteiger partial charge in [-0.1, -0.05) is 12.1 Å². The fraction of sp³-hybridized carbons (Fsp3) is 0.429. The topological polar surface area (TPSA) is 46.6 Å². The van der Waals surface area contributed by atoms with Crippen molar-refractivity contribution < 1.29 is 18.7 Å². The quantitative estimate of drug-likeness (QED) is 0.606. The number of ether oxygens (including phenoxy) is 1. The van der Waals surface area contributed by atoms with Crippen LogP contribution in [0.15, 0.2) is 24.3 Å². The van der Waals surface area contributed by atoms with Gasteiger partial charge in [-0.05, 0) is 17.7 Å². The summed E-state index contributed by atoms with van der Waals surface area (Å²) in [6.45, 7) is 1.22. The van der Waals surface area contributed by atoms with Gasteiger partial charge in [-0.15, -0.1) is 0 Å². The minimum atomic E-state index is -0.329. The van der Waals surface area contributed by atoms with Crippen LogP contribution < -0.4 is 0 Å². The van der Waals surface area contributed by atoms with Crippen molar-refractivity contribution in [2.24, 2.45) is 5.92 Å².